The number of aryl methyl sites for hydroxylation is 1. The molecule has 0 saturated carbocycles. The van der Waals surface area contributed by atoms with Crippen molar-refractivity contribution >= 4 is 11.8 Å². The highest BCUT2D eigenvalue weighted by Gasteiger charge is 2.07. The first-order valence-electron chi connectivity index (χ1n) is 5.15. The summed E-state index contributed by atoms with van der Waals surface area (Å²) in [5.41, 5.74) is 1.21. The van der Waals surface area contributed by atoms with Crippen LogP contribution >= 0.6 is 11.8 Å². The number of nitrogens with zero attached hydrogens (tertiary/aromatic N) is 2. The Labute approximate surface area is 96.1 Å². The third-order valence-electron chi connectivity index (χ3n) is 1.76. The maximum atomic E-state index is 4.33. The molecule has 0 bridgehead atoms. The summed E-state index contributed by atoms with van der Waals surface area (Å²) in [7, 11) is 0. The molecule has 0 fully saturated rings. The van der Waals surface area contributed by atoms with Crippen molar-refractivity contribution in [3.63, 3.8) is 0 Å². The minimum Gasteiger partial charge on any atom is -0.311 e. The number of rotatable bonds is 4. The Morgan fingerprint density at radius 3 is 2.73 bits per heavy atom. The minimum atomic E-state index is 0.189. The Bertz CT molecular complexity index is 307. The van der Waals surface area contributed by atoms with Gasteiger partial charge in [-0.05, 0) is 33.8 Å². The molecule has 0 amide bonds. The normalized spacial score (nSPS) is 11.7. The van der Waals surface area contributed by atoms with Crippen LogP contribution in [0.5, 0.6) is 0 Å². The summed E-state index contributed by atoms with van der Waals surface area (Å²) in [5, 5.41) is 4.30. The van der Waals surface area contributed by atoms with Gasteiger partial charge in [0.1, 0.15) is 0 Å². The van der Waals surface area contributed by atoms with Crippen molar-refractivity contribution in [2.75, 3.05) is 12.3 Å². The van der Waals surface area contributed by atoms with Gasteiger partial charge < -0.3 is 5.32 Å². The molecular weight excluding hydrogens is 206 g/mol. The van der Waals surface area contributed by atoms with E-state index in [1.165, 1.54) is 0 Å². The molecular formula is C11H19N3S. The highest BCUT2D eigenvalue weighted by Crippen LogP contribution is 2.11. The van der Waals surface area contributed by atoms with Crippen LogP contribution in [-0.2, 0) is 0 Å². The van der Waals surface area contributed by atoms with Crippen molar-refractivity contribution in [1.29, 1.82) is 0 Å². The Balaban J connectivity index is 2.26. The average molecular weight is 225 g/mol. The molecule has 0 aliphatic carbocycles. The van der Waals surface area contributed by atoms with E-state index in [9.17, 15) is 0 Å². The van der Waals surface area contributed by atoms with E-state index in [0.717, 1.165) is 23.1 Å². The third-order valence-corrected chi connectivity index (χ3v) is 2.62. The molecule has 0 aliphatic heterocycles. The van der Waals surface area contributed by atoms with E-state index in [2.05, 4.69) is 36.1 Å². The van der Waals surface area contributed by atoms with Gasteiger partial charge in [-0.2, -0.15) is 0 Å². The lowest BCUT2D eigenvalue weighted by atomic mass is 10.1. The molecule has 0 saturated heterocycles. The molecule has 1 aromatic heterocycles. The molecule has 0 spiro atoms. The Morgan fingerprint density at radius 2 is 2.13 bits per heavy atom. The lowest BCUT2D eigenvalue weighted by molar-refractivity contribution is 0.441. The molecule has 1 aromatic rings. The van der Waals surface area contributed by atoms with Crippen molar-refractivity contribution in [3.05, 3.63) is 18.0 Å². The largest absolute Gasteiger partial charge is 0.311 e. The van der Waals surface area contributed by atoms with Crippen LogP contribution in [0.2, 0.25) is 0 Å². The van der Waals surface area contributed by atoms with Gasteiger partial charge in [0.15, 0.2) is 5.16 Å². The fourth-order valence-electron chi connectivity index (χ4n) is 1.06. The van der Waals surface area contributed by atoms with E-state index < -0.39 is 0 Å². The third kappa shape index (κ3) is 5.74. The van der Waals surface area contributed by atoms with Crippen molar-refractivity contribution in [3.8, 4) is 0 Å². The van der Waals surface area contributed by atoms with Gasteiger partial charge in [-0.15, -0.1) is 0 Å². The van der Waals surface area contributed by atoms with E-state index in [1.807, 2.05) is 19.2 Å². The molecule has 0 aromatic carbocycles. The van der Waals surface area contributed by atoms with Crippen LogP contribution in [0.3, 0.4) is 0 Å². The number of aromatic nitrogens is 2. The molecule has 0 aliphatic rings. The second-order valence-corrected chi connectivity index (χ2v) is 5.57. The second kappa shape index (κ2) is 5.47. The number of hydrogen-bond acceptors (Lipinski definition) is 4. The summed E-state index contributed by atoms with van der Waals surface area (Å²) in [6.45, 7) is 9.47. The predicted octanol–water partition coefficient (Wildman–Crippen LogP) is 2.27. The fraction of sp³-hybridized carbons (Fsp3) is 0.636. The SMILES string of the molecule is Cc1ccnc(SCCNC(C)(C)C)n1. The van der Waals surface area contributed by atoms with Crippen molar-refractivity contribution in [1.82, 2.24) is 15.3 Å². The highest BCUT2D eigenvalue weighted by molar-refractivity contribution is 7.99. The van der Waals surface area contributed by atoms with Gasteiger partial charge in [0, 0.05) is 29.7 Å². The Morgan fingerprint density at radius 1 is 1.40 bits per heavy atom. The zero-order valence-corrected chi connectivity index (χ0v) is 10.7. The molecule has 84 valence electrons. The molecule has 4 heteroatoms. The lowest BCUT2D eigenvalue weighted by Gasteiger charge is -2.19. The lowest BCUT2D eigenvalue weighted by Crippen LogP contribution is -2.37. The van der Waals surface area contributed by atoms with Gasteiger partial charge in [0.05, 0.1) is 0 Å². The number of hydrogen-bond donors (Lipinski definition) is 1. The van der Waals surface area contributed by atoms with Crippen LogP contribution in [0.15, 0.2) is 17.4 Å². The summed E-state index contributed by atoms with van der Waals surface area (Å²) < 4.78 is 0. The molecule has 1 heterocycles. The summed E-state index contributed by atoms with van der Waals surface area (Å²) in [5.74, 6) is 1.00. The standard InChI is InChI=1S/C11H19N3S/c1-9-5-6-12-10(14-9)15-8-7-13-11(2,3)4/h5-6,13H,7-8H2,1-4H3. The Hall–Kier alpha value is -0.610. The maximum Gasteiger partial charge on any atom is 0.187 e. The van der Waals surface area contributed by atoms with Gasteiger partial charge >= 0.3 is 0 Å². The monoisotopic (exact) mass is 225 g/mol. The van der Waals surface area contributed by atoms with Crippen LogP contribution in [0.1, 0.15) is 26.5 Å². The number of nitrogens with one attached hydrogen (secondary N) is 1. The molecule has 3 nitrogen and oxygen atoms in total. The summed E-state index contributed by atoms with van der Waals surface area (Å²) in [6.07, 6.45) is 1.81. The summed E-state index contributed by atoms with van der Waals surface area (Å²) >= 11 is 1.69. The zero-order valence-electron chi connectivity index (χ0n) is 9.87. The van der Waals surface area contributed by atoms with E-state index in [-0.39, 0.29) is 5.54 Å². The van der Waals surface area contributed by atoms with Gasteiger partial charge in [-0.1, -0.05) is 11.8 Å². The molecule has 0 atom stereocenters. The van der Waals surface area contributed by atoms with E-state index >= 15 is 0 Å². The van der Waals surface area contributed by atoms with E-state index in [1.54, 1.807) is 11.8 Å². The first kappa shape index (κ1) is 12.5. The van der Waals surface area contributed by atoms with Crippen LogP contribution < -0.4 is 5.32 Å². The smallest absolute Gasteiger partial charge is 0.187 e. The van der Waals surface area contributed by atoms with E-state index in [4.69, 9.17) is 0 Å². The molecule has 0 radical (unpaired) electrons. The average Bonchev–Trinajstić information content (AvgIpc) is 2.11. The molecule has 15 heavy (non-hydrogen) atoms. The van der Waals surface area contributed by atoms with Gasteiger partial charge in [0.2, 0.25) is 0 Å². The van der Waals surface area contributed by atoms with Gasteiger partial charge in [-0.25, -0.2) is 9.97 Å². The highest BCUT2D eigenvalue weighted by atomic mass is 32.2. The van der Waals surface area contributed by atoms with Crippen LogP contribution in [-0.4, -0.2) is 27.8 Å². The Kier molecular flexibility index (Phi) is 4.54. The minimum absolute atomic E-state index is 0.189. The molecule has 0 unspecified atom stereocenters. The van der Waals surface area contributed by atoms with Gasteiger partial charge in [-0.3, -0.25) is 0 Å². The molecule has 1 rings (SSSR count). The molecule has 1 N–H and O–H groups in total. The maximum absolute atomic E-state index is 4.33. The summed E-state index contributed by atoms with van der Waals surface area (Å²) in [6, 6.07) is 1.91. The van der Waals surface area contributed by atoms with Crippen molar-refractivity contribution in [2.24, 2.45) is 0 Å². The fourth-order valence-corrected chi connectivity index (χ4v) is 1.79. The quantitative estimate of drug-likeness (QED) is 0.484. The van der Waals surface area contributed by atoms with Crippen molar-refractivity contribution < 1.29 is 0 Å². The first-order chi connectivity index (χ1) is 6.97. The first-order valence-corrected chi connectivity index (χ1v) is 6.13. The van der Waals surface area contributed by atoms with E-state index in [0.29, 0.717) is 0 Å². The number of thioether (sulfide) groups is 1. The van der Waals surface area contributed by atoms with Gasteiger partial charge in [0.25, 0.3) is 0 Å². The van der Waals surface area contributed by atoms with Crippen LogP contribution in [0, 0.1) is 6.92 Å². The second-order valence-electron chi connectivity index (χ2n) is 4.51. The van der Waals surface area contributed by atoms with Crippen LogP contribution in [0.25, 0.3) is 0 Å². The van der Waals surface area contributed by atoms with Crippen molar-refractivity contribution in [2.45, 2.75) is 38.4 Å². The predicted molar refractivity (Wildman–Crippen MR) is 65.2 cm³/mol. The topological polar surface area (TPSA) is 37.8 Å². The van der Waals surface area contributed by atoms with Crippen LogP contribution in [0.4, 0.5) is 0 Å². The zero-order chi connectivity index (χ0) is 11.3. The summed E-state index contributed by atoms with van der Waals surface area (Å²) in [4.78, 5) is 8.53.